The molecule has 0 unspecified atom stereocenters. The summed E-state index contributed by atoms with van der Waals surface area (Å²) in [5, 5.41) is 3.82. The molecule has 0 aliphatic carbocycles. The second-order valence-corrected chi connectivity index (χ2v) is 3.34. The minimum Gasteiger partial charge on any atom is -0.450 e. The third-order valence-corrected chi connectivity index (χ3v) is 2.39. The van der Waals surface area contributed by atoms with Crippen LogP contribution in [0, 0.1) is 0 Å². The van der Waals surface area contributed by atoms with E-state index in [2.05, 4.69) is 5.16 Å². The summed E-state index contributed by atoms with van der Waals surface area (Å²) >= 11 is 0. The van der Waals surface area contributed by atoms with Crippen molar-refractivity contribution < 1.29 is 14.1 Å². The molecule has 0 aromatic carbocycles. The first-order valence-corrected chi connectivity index (χ1v) is 4.87. The molecule has 1 aliphatic heterocycles. The maximum atomic E-state index is 11.5. The highest BCUT2D eigenvalue weighted by Gasteiger charge is 2.26. The Morgan fingerprint density at radius 3 is 3.27 bits per heavy atom. The predicted molar refractivity (Wildman–Crippen MR) is 52.1 cm³/mol. The topological polar surface area (TPSA) is 81.6 Å². The Balaban J connectivity index is 2.11. The molecule has 2 heterocycles. The number of hydrogen-bond acceptors (Lipinski definition) is 5. The van der Waals surface area contributed by atoms with Crippen molar-refractivity contribution in [1.29, 1.82) is 0 Å². The van der Waals surface area contributed by atoms with Crippen molar-refractivity contribution in [2.75, 3.05) is 18.9 Å². The highest BCUT2D eigenvalue weighted by Crippen LogP contribution is 2.23. The standard InChI is InChI=1S/C9H13N3O3/c1-2-14-9(13)12-4-3-7-6(5-12)8(10)15-11-7/h2-5,10H2,1H3. The molecule has 1 aromatic rings. The van der Waals surface area contributed by atoms with Gasteiger partial charge in [0.15, 0.2) is 0 Å². The minimum atomic E-state index is -0.316. The first-order chi connectivity index (χ1) is 7.22. The van der Waals surface area contributed by atoms with E-state index in [9.17, 15) is 4.79 Å². The summed E-state index contributed by atoms with van der Waals surface area (Å²) in [6.07, 6.45) is 0.346. The first kappa shape index (κ1) is 9.82. The van der Waals surface area contributed by atoms with Gasteiger partial charge in [-0.2, -0.15) is 0 Å². The predicted octanol–water partition coefficient (Wildman–Crippen LogP) is 0.771. The number of anilines is 1. The smallest absolute Gasteiger partial charge is 0.410 e. The van der Waals surface area contributed by atoms with Crippen LogP contribution in [0.25, 0.3) is 0 Å². The molecule has 6 heteroatoms. The summed E-state index contributed by atoms with van der Waals surface area (Å²) in [5.41, 5.74) is 7.23. The summed E-state index contributed by atoms with van der Waals surface area (Å²) in [5.74, 6) is 0.291. The molecular formula is C9H13N3O3. The van der Waals surface area contributed by atoms with Crippen molar-refractivity contribution in [3.8, 4) is 0 Å². The van der Waals surface area contributed by atoms with E-state index in [1.807, 2.05) is 0 Å². The number of nitrogen functional groups attached to an aromatic ring is 1. The quantitative estimate of drug-likeness (QED) is 0.742. The Bertz CT molecular complexity index is 375. The van der Waals surface area contributed by atoms with Crippen LogP contribution < -0.4 is 5.73 Å². The van der Waals surface area contributed by atoms with Crippen molar-refractivity contribution in [3.05, 3.63) is 11.3 Å². The number of fused-ring (bicyclic) bond motifs is 1. The van der Waals surface area contributed by atoms with E-state index in [1.165, 1.54) is 0 Å². The maximum absolute atomic E-state index is 11.5. The summed E-state index contributed by atoms with van der Waals surface area (Å²) in [6, 6.07) is 0. The number of aromatic nitrogens is 1. The molecule has 15 heavy (non-hydrogen) atoms. The lowest BCUT2D eigenvalue weighted by molar-refractivity contribution is 0.102. The average Bonchev–Trinajstić information content (AvgIpc) is 2.60. The van der Waals surface area contributed by atoms with E-state index in [-0.39, 0.29) is 6.09 Å². The van der Waals surface area contributed by atoms with Gasteiger partial charge in [0.2, 0.25) is 5.88 Å². The fourth-order valence-electron chi connectivity index (χ4n) is 1.60. The fraction of sp³-hybridized carbons (Fsp3) is 0.556. The third-order valence-electron chi connectivity index (χ3n) is 2.39. The second-order valence-electron chi connectivity index (χ2n) is 3.34. The summed E-state index contributed by atoms with van der Waals surface area (Å²) in [7, 11) is 0. The van der Waals surface area contributed by atoms with Crippen LogP contribution in [0.4, 0.5) is 10.7 Å². The lowest BCUT2D eigenvalue weighted by atomic mass is 10.1. The molecule has 0 bridgehead atoms. The molecule has 0 atom stereocenters. The number of ether oxygens (including phenoxy) is 1. The number of nitrogens with two attached hydrogens (primary N) is 1. The maximum Gasteiger partial charge on any atom is 0.410 e. The van der Waals surface area contributed by atoms with E-state index in [0.29, 0.717) is 32.0 Å². The Morgan fingerprint density at radius 2 is 2.53 bits per heavy atom. The lowest BCUT2D eigenvalue weighted by Gasteiger charge is -2.24. The van der Waals surface area contributed by atoms with Crippen molar-refractivity contribution in [1.82, 2.24) is 10.1 Å². The van der Waals surface area contributed by atoms with Gasteiger partial charge in [-0.1, -0.05) is 5.16 Å². The van der Waals surface area contributed by atoms with Crippen LogP contribution in [-0.2, 0) is 17.7 Å². The van der Waals surface area contributed by atoms with Gasteiger partial charge < -0.3 is 19.9 Å². The van der Waals surface area contributed by atoms with Crippen LogP contribution in [-0.4, -0.2) is 29.3 Å². The number of nitrogens with zero attached hydrogens (tertiary/aromatic N) is 2. The van der Waals surface area contributed by atoms with Gasteiger partial charge in [-0.15, -0.1) is 0 Å². The molecule has 0 fully saturated rings. The number of carbonyl (C=O) groups excluding carboxylic acids is 1. The van der Waals surface area contributed by atoms with Gasteiger partial charge in [0, 0.05) is 13.0 Å². The zero-order valence-corrected chi connectivity index (χ0v) is 8.52. The summed E-state index contributed by atoms with van der Waals surface area (Å²) in [4.78, 5) is 13.0. The van der Waals surface area contributed by atoms with E-state index in [4.69, 9.17) is 15.0 Å². The Hall–Kier alpha value is -1.72. The van der Waals surface area contributed by atoms with Gasteiger partial charge in [-0.25, -0.2) is 4.79 Å². The van der Waals surface area contributed by atoms with Crippen LogP contribution in [0.1, 0.15) is 18.2 Å². The molecule has 0 spiro atoms. The SMILES string of the molecule is CCOC(=O)N1CCc2noc(N)c2C1. The highest BCUT2D eigenvalue weighted by atomic mass is 16.6. The van der Waals surface area contributed by atoms with Gasteiger partial charge in [0.05, 0.1) is 24.4 Å². The molecule has 2 N–H and O–H groups in total. The van der Waals surface area contributed by atoms with Gasteiger partial charge >= 0.3 is 6.09 Å². The number of amides is 1. The molecule has 0 radical (unpaired) electrons. The molecule has 2 rings (SSSR count). The van der Waals surface area contributed by atoms with Crippen molar-refractivity contribution in [2.45, 2.75) is 19.9 Å². The number of hydrogen-bond donors (Lipinski definition) is 1. The molecule has 0 saturated heterocycles. The van der Waals surface area contributed by atoms with E-state index in [1.54, 1.807) is 11.8 Å². The number of carbonyl (C=O) groups is 1. The van der Waals surface area contributed by atoms with Crippen LogP contribution in [0.3, 0.4) is 0 Å². The Labute approximate surface area is 87.0 Å². The van der Waals surface area contributed by atoms with E-state index >= 15 is 0 Å². The highest BCUT2D eigenvalue weighted by molar-refractivity contribution is 5.68. The van der Waals surface area contributed by atoms with Gasteiger partial charge in [0.25, 0.3) is 0 Å². The third kappa shape index (κ3) is 1.74. The molecule has 82 valence electrons. The molecule has 1 aromatic heterocycles. The van der Waals surface area contributed by atoms with Crippen LogP contribution >= 0.6 is 0 Å². The molecule has 1 amide bonds. The van der Waals surface area contributed by atoms with Crippen LogP contribution in [0.15, 0.2) is 4.52 Å². The fourth-order valence-corrected chi connectivity index (χ4v) is 1.60. The minimum absolute atomic E-state index is 0.291. The van der Waals surface area contributed by atoms with Gasteiger partial charge in [-0.05, 0) is 6.92 Å². The summed E-state index contributed by atoms with van der Waals surface area (Å²) < 4.78 is 9.76. The second kappa shape index (κ2) is 3.80. The van der Waals surface area contributed by atoms with Crippen molar-refractivity contribution >= 4 is 12.0 Å². The Morgan fingerprint density at radius 1 is 1.73 bits per heavy atom. The number of rotatable bonds is 1. The van der Waals surface area contributed by atoms with Crippen LogP contribution in [0.5, 0.6) is 0 Å². The lowest BCUT2D eigenvalue weighted by Crippen LogP contribution is -2.36. The average molecular weight is 211 g/mol. The molecule has 6 nitrogen and oxygen atoms in total. The van der Waals surface area contributed by atoms with E-state index < -0.39 is 0 Å². The summed E-state index contributed by atoms with van der Waals surface area (Å²) in [6.45, 7) is 3.17. The molecule has 0 saturated carbocycles. The monoisotopic (exact) mass is 211 g/mol. The zero-order chi connectivity index (χ0) is 10.8. The first-order valence-electron chi connectivity index (χ1n) is 4.87. The Kier molecular flexibility index (Phi) is 2.49. The zero-order valence-electron chi connectivity index (χ0n) is 8.52. The molecular weight excluding hydrogens is 198 g/mol. The normalized spacial score (nSPS) is 14.9. The van der Waals surface area contributed by atoms with Crippen LogP contribution in [0.2, 0.25) is 0 Å². The molecule has 1 aliphatic rings. The van der Waals surface area contributed by atoms with Crippen molar-refractivity contribution in [2.24, 2.45) is 0 Å². The van der Waals surface area contributed by atoms with E-state index in [0.717, 1.165) is 11.3 Å². The largest absolute Gasteiger partial charge is 0.450 e. The van der Waals surface area contributed by atoms with Gasteiger partial charge in [-0.3, -0.25) is 0 Å². The van der Waals surface area contributed by atoms with Crippen molar-refractivity contribution in [3.63, 3.8) is 0 Å². The van der Waals surface area contributed by atoms with Gasteiger partial charge in [0.1, 0.15) is 0 Å².